The van der Waals surface area contributed by atoms with Gasteiger partial charge in [-0.15, -0.1) is 0 Å². The predicted octanol–water partition coefficient (Wildman–Crippen LogP) is 3.23. The molecule has 1 aromatic carbocycles. The topological polar surface area (TPSA) is 32.8 Å². The molecule has 0 spiro atoms. The van der Waals surface area contributed by atoms with Crippen LogP contribution in [0.25, 0.3) is 0 Å². The number of ether oxygens (including phenoxy) is 1. The summed E-state index contributed by atoms with van der Waals surface area (Å²) in [6, 6.07) is 4.37. The molecule has 0 radical (unpaired) electrons. The Morgan fingerprint density at radius 1 is 1.13 bits per heavy atom. The average Bonchev–Trinajstić information content (AvgIpc) is 3.13. The molecule has 0 aromatic heterocycles. The molecule has 3 heterocycles. The standard InChI is InChI=1S/C19H26N2O2/c1-13-8-14(2)12-20(11-13)17-10-16(21-6-3-4-18(21)22)9-15-5-7-23-19(15)17/h9-10,13-14H,3-8,11-12H2,1-2H3/t13-,14+. The number of nitrogens with zero attached hydrogens (tertiary/aromatic N) is 2. The number of anilines is 2. The van der Waals surface area contributed by atoms with Crippen molar-refractivity contribution in [1.82, 2.24) is 0 Å². The minimum absolute atomic E-state index is 0.259. The highest BCUT2D eigenvalue weighted by Gasteiger charge is 2.30. The first kappa shape index (κ1) is 14.9. The highest BCUT2D eigenvalue weighted by molar-refractivity contribution is 5.96. The van der Waals surface area contributed by atoms with Crippen LogP contribution in [0.1, 0.15) is 38.7 Å². The molecule has 23 heavy (non-hydrogen) atoms. The third-order valence-corrected chi connectivity index (χ3v) is 5.34. The van der Waals surface area contributed by atoms with E-state index in [-0.39, 0.29) is 5.91 Å². The molecular weight excluding hydrogens is 288 g/mol. The number of carbonyl (C=O) groups is 1. The van der Waals surface area contributed by atoms with Gasteiger partial charge in [0.15, 0.2) is 0 Å². The molecule has 4 rings (SSSR count). The largest absolute Gasteiger partial charge is 0.491 e. The lowest BCUT2D eigenvalue weighted by Gasteiger charge is -2.37. The molecule has 124 valence electrons. The first-order valence-corrected chi connectivity index (χ1v) is 8.97. The summed E-state index contributed by atoms with van der Waals surface area (Å²) in [5.74, 6) is 2.72. The van der Waals surface area contributed by atoms with E-state index >= 15 is 0 Å². The molecule has 0 saturated carbocycles. The van der Waals surface area contributed by atoms with Crippen LogP contribution in [0.5, 0.6) is 5.75 Å². The maximum absolute atomic E-state index is 12.1. The van der Waals surface area contributed by atoms with Gasteiger partial charge in [0.25, 0.3) is 0 Å². The Labute approximate surface area is 138 Å². The van der Waals surface area contributed by atoms with Crippen LogP contribution in [0.3, 0.4) is 0 Å². The van der Waals surface area contributed by atoms with Crippen LogP contribution in [0, 0.1) is 11.8 Å². The normalized spacial score (nSPS) is 27.3. The Balaban J connectivity index is 1.73. The fourth-order valence-corrected chi connectivity index (χ4v) is 4.44. The van der Waals surface area contributed by atoms with E-state index in [9.17, 15) is 4.79 Å². The van der Waals surface area contributed by atoms with Gasteiger partial charge in [-0.2, -0.15) is 0 Å². The molecule has 2 saturated heterocycles. The number of amides is 1. The second kappa shape index (κ2) is 5.73. The predicted molar refractivity (Wildman–Crippen MR) is 92.4 cm³/mol. The van der Waals surface area contributed by atoms with Gasteiger partial charge in [0.1, 0.15) is 5.75 Å². The number of benzene rings is 1. The molecule has 0 bridgehead atoms. The van der Waals surface area contributed by atoms with Gasteiger partial charge in [-0.3, -0.25) is 4.79 Å². The molecule has 2 fully saturated rings. The summed E-state index contributed by atoms with van der Waals surface area (Å²) in [6.07, 6.45) is 3.90. The van der Waals surface area contributed by atoms with Crippen LogP contribution in [0.4, 0.5) is 11.4 Å². The number of hydrogen-bond acceptors (Lipinski definition) is 3. The maximum atomic E-state index is 12.1. The molecule has 4 nitrogen and oxygen atoms in total. The number of piperidine rings is 1. The molecule has 2 atom stereocenters. The van der Waals surface area contributed by atoms with Crippen molar-refractivity contribution in [2.45, 2.75) is 39.5 Å². The van der Waals surface area contributed by atoms with E-state index in [2.05, 4.69) is 30.9 Å². The van der Waals surface area contributed by atoms with Crippen LogP contribution >= 0.6 is 0 Å². The quantitative estimate of drug-likeness (QED) is 0.840. The van der Waals surface area contributed by atoms with Gasteiger partial charge in [0.2, 0.25) is 5.91 Å². The Bertz CT molecular complexity index is 618. The number of hydrogen-bond donors (Lipinski definition) is 0. The van der Waals surface area contributed by atoms with Crippen molar-refractivity contribution in [2.75, 3.05) is 36.0 Å². The molecule has 4 heteroatoms. The monoisotopic (exact) mass is 314 g/mol. The van der Waals surface area contributed by atoms with Crippen LogP contribution < -0.4 is 14.5 Å². The van der Waals surface area contributed by atoms with E-state index < -0.39 is 0 Å². The highest BCUT2D eigenvalue weighted by atomic mass is 16.5. The van der Waals surface area contributed by atoms with E-state index in [4.69, 9.17) is 4.74 Å². The summed E-state index contributed by atoms with van der Waals surface area (Å²) in [6.45, 7) is 8.44. The zero-order valence-corrected chi connectivity index (χ0v) is 14.2. The highest BCUT2D eigenvalue weighted by Crippen LogP contribution is 2.42. The molecule has 0 aliphatic carbocycles. The van der Waals surface area contributed by atoms with Crippen molar-refractivity contribution in [1.29, 1.82) is 0 Å². The lowest BCUT2D eigenvalue weighted by Crippen LogP contribution is -2.39. The second-order valence-corrected chi connectivity index (χ2v) is 7.55. The summed E-state index contributed by atoms with van der Waals surface area (Å²) in [7, 11) is 0. The van der Waals surface area contributed by atoms with Gasteiger partial charge in [-0.25, -0.2) is 0 Å². The van der Waals surface area contributed by atoms with Gasteiger partial charge < -0.3 is 14.5 Å². The van der Waals surface area contributed by atoms with Crippen LogP contribution in [0.2, 0.25) is 0 Å². The fraction of sp³-hybridized carbons (Fsp3) is 0.632. The first-order valence-electron chi connectivity index (χ1n) is 8.97. The van der Waals surface area contributed by atoms with Crippen molar-refractivity contribution < 1.29 is 9.53 Å². The van der Waals surface area contributed by atoms with Crippen molar-refractivity contribution in [3.8, 4) is 5.75 Å². The molecule has 0 N–H and O–H groups in total. The summed E-state index contributed by atoms with van der Waals surface area (Å²) >= 11 is 0. The van der Waals surface area contributed by atoms with Gasteiger partial charge in [-0.05, 0) is 36.8 Å². The smallest absolute Gasteiger partial charge is 0.227 e. The van der Waals surface area contributed by atoms with Crippen LogP contribution in [0.15, 0.2) is 12.1 Å². The molecular formula is C19H26N2O2. The van der Waals surface area contributed by atoms with Crippen molar-refractivity contribution in [2.24, 2.45) is 11.8 Å². The van der Waals surface area contributed by atoms with E-state index in [1.807, 2.05) is 4.90 Å². The SMILES string of the molecule is C[C@@H]1C[C@H](C)CN(c2cc(N3CCCC3=O)cc3c2OCC3)C1. The molecule has 3 aliphatic rings. The second-order valence-electron chi connectivity index (χ2n) is 7.55. The van der Waals surface area contributed by atoms with Crippen molar-refractivity contribution in [3.05, 3.63) is 17.7 Å². The summed E-state index contributed by atoms with van der Waals surface area (Å²) in [5, 5.41) is 0. The minimum atomic E-state index is 0.259. The lowest BCUT2D eigenvalue weighted by atomic mass is 9.91. The Morgan fingerprint density at radius 3 is 2.61 bits per heavy atom. The summed E-state index contributed by atoms with van der Waals surface area (Å²) in [5.41, 5.74) is 3.54. The Kier molecular flexibility index (Phi) is 3.70. The van der Waals surface area contributed by atoms with Crippen LogP contribution in [-0.2, 0) is 11.2 Å². The van der Waals surface area contributed by atoms with Gasteiger partial charge >= 0.3 is 0 Å². The van der Waals surface area contributed by atoms with E-state index in [1.165, 1.54) is 17.7 Å². The third kappa shape index (κ3) is 2.68. The number of rotatable bonds is 2. The van der Waals surface area contributed by atoms with Gasteiger partial charge in [0.05, 0.1) is 12.3 Å². The molecule has 0 unspecified atom stereocenters. The van der Waals surface area contributed by atoms with E-state index in [0.29, 0.717) is 18.3 Å². The molecule has 1 aromatic rings. The summed E-state index contributed by atoms with van der Waals surface area (Å²) in [4.78, 5) is 16.6. The number of fused-ring (bicyclic) bond motifs is 1. The average molecular weight is 314 g/mol. The zero-order chi connectivity index (χ0) is 16.0. The van der Waals surface area contributed by atoms with E-state index in [1.54, 1.807) is 0 Å². The van der Waals surface area contributed by atoms with Gasteiger partial charge in [-0.1, -0.05) is 13.8 Å². The van der Waals surface area contributed by atoms with Crippen molar-refractivity contribution >= 4 is 17.3 Å². The first-order chi connectivity index (χ1) is 11.1. The van der Waals surface area contributed by atoms with E-state index in [0.717, 1.165) is 50.5 Å². The lowest BCUT2D eigenvalue weighted by molar-refractivity contribution is -0.117. The van der Waals surface area contributed by atoms with Gasteiger partial charge in [0, 0.05) is 43.7 Å². The maximum Gasteiger partial charge on any atom is 0.227 e. The summed E-state index contributed by atoms with van der Waals surface area (Å²) < 4.78 is 5.95. The fourth-order valence-electron chi connectivity index (χ4n) is 4.44. The third-order valence-electron chi connectivity index (χ3n) is 5.34. The zero-order valence-electron chi connectivity index (χ0n) is 14.2. The van der Waals surface area contributed by atoms with Crippen molar-refractivity contribution in [3.63, 3.8) is 0 Å². The Morgan fingerprint density at radius 2 is 1.91 bits per heavy atom. The molecule has 1 amide bonds. The minimum Gasteiger partial charge on any atom is -0.491 e. The van der Waals surface area contributed by atoms with Crippen LogP contribution in [-0.4, -0.2) is 32.1 Å². The Hall–Kier alpha value is -1.71. The number of carbonyl (C=O) groups excluding carboxylic acids is 1. The molecule has 3 aliphatic heterocycles.